The Morgan fingerprint density at radius 3 is 2.67 bits per heavy atom. The Kier molecular flexibility index (Phi) is 7.32. The Labute approximate surface area is 196 Å². The number of hydrogen-bond donors (Lipinski definition) is 2. The summed E-state index contributed by atoms with van der Waals surface area (Å²) in [5.41, 5.74) is 1.49. The lowest BCUT2D eigenvalue weighted by molar-refractivity contribution is 0.0370. The van der Waals surface area contributed by atoms with Gasteiger partial charge in [-0.3, -0.25) is 14.4 Å². The van der Waals surface area contributed by atoms with E-state index < -0.39 is 6.10 Å². The predicted molar refractivity (Wildman–Crippen MR) is 128 cm³/mol. The summed E-state index contributed by atoms with van der Waals surface area (Å²) in [5.74, 6) is -0.0948. The first-order chi connectivity index (χ1) is 15.9. The van der Waals surface area contributed by atoms with E-state index in [0.717, 1.165) is 36.6 Å². The van der Waals surface area contributed by atoms with Crippen molar-refractivity contribution in [2.45, 2.75) is 76.2 Å². The van der Waals surface area contributed by atoms with Crippen LogP contribution in [0.4, 0.5) is 0 Å². The number of amides is 1. The molecule has 8 nitrogen and oxygen atoms in total. The molecule has 0 radical (unpaired) electrons. The molecule has 8 heteroatoms. The molecule has 1 aromatic carbocycles. The fourth-order valence-corrected chi connectivity index (χ4v) is 5.59. The van der Waals surface area contributed by atoms with Crippen LogP contribution in [0, 0.1) is 11.3 Å². The van der Waals surface area contributed by atoms with Crippen molar-refractivity contribution >= 4 is 16.8 Å². The smallest absolute Gasteiger partial charge is 0.272 e. The van der Waals surface area contributed by atoms with E-state index in [1.54, 1.807) is 0 Å². The Balaban J connectivity index is 1.37. The molecule has 33 heavy (non-hydrogen) atoms. The highest BCUT2D eigenvalue weighted by Crippen LogP contribution is 2.36. The molecule has 0 spiro atoms. The zero-order valence-electron chi connectivity index (χ0n) is 19.9. The quantitative estimate of drug-likeness (QED) is 0.607. The van der Waals surface area contributed by atoms with E-state index in [9.17, 15) is 9.90 Å². The average molecular weight is 453 g/mol. The van der Waals surface area contributed by atoms with Crippen LogP contribution in [-0.4, -0.2) is 81.5 Å². The van der Waals surface area contributed by atoms with E-state index in [1.165, 1.54) is 0 Å². The van der Waals surface area contributed by atoms with E-state index in [0.29, 0.717) is 43.8 Å². The third-order valence-electron chi connectivity index (χ3n) is 7.09. The molecule has 4 rings (SSSR count). The minimum absolute atomic E-state index is 0.0948. The first kappa shape index (κ1) is 23.7. The molecule has 0 saturated carbocycles. The van der Waals surface area contributed by atoms with E-state index in [2.05, 4.69) is 35.2 Å². The average Bonchev–Trinajstić information content (AvgIpc) is 3.27. The van der Waals surface area contributed by atoms with Crippen LogP contribution in [0.2, 0.25) is 0 Å². The number of nitrogens with one attached hydrogen (secondary N) is 1. The van der Waals surface area contributed by atoms with Crippen LogP contribution in [0.3, 0.4) is 0 Å². The van der Waals surface area contributed by atoms with Gasteiger partial charge in [0.15, 0.2) is 5.69 Å². The van der Waals surface area contributed by atoms with Gasteiger partial charge in [0, 0.05) is 55.6 Å². The molecule has 3 atom stereocenters. The molecule has 2 bridgehead atoms. The number of fused-ring (bicyclic) bond motifs is 3. The zero-order valence-corrected chi connectivity index (χ0v) is 19.9. The highest BCUT2D eigenvalue weighted by molar-refractivity contribution is 6.05. The summed E-state index contributed by atoms with van der Waals surface area (Å²) < 4.78 is 1.92. The second-order valence-corrected chi connectivity index (χ2v) is 9.95. The molecule has 178 valence electrons. The molecule has 1 aromatic heterocycles. The van der Waals surface area contributed by atoms with Gasteiger partial charge in [0.05, 0.1) is 17.7 Å². The second kappa shape index (κ2) is 10.2. The van der Waals surface area contributed by atoms with Crippen molar-refractivity contribution in [2.75, 3.05) is 26.7 Å². The maximum atomic E-state index is 13.2. The van der Waals surface area contributed by atoms with Crippen molar-refractivity contribution in [2.24, 2.45) is 0 Å². The van der Waals surface area contributed by atoms with Crippen molar-refractivity contribution in [3.8, 4) is 6.07 Å². The van der Waals surface area contributed by atoms with Crippen LogP contribution in [0.5, 0.6) is 0 Å². The molecule has 2 saturated heterocycles. The minimum atomic E-state index is -0.436. The third kappa shape index (κ3) is 5.21. The number of hydrogen-bond acceptors (Lipinski definition) is 6. The summed E-state index contributed by atoms with van der Waals surface area (Å²) in [7, 11) is 1.95. The van der Waals surface area contributed by atoms with Gasteiger partial charge in [-0.2, -0.15) is 10.4 Å². The maximum Gasteiger partial charge on any atom is 0.272 e. The maximum absolute atomic E-state index is 13.2. The van der Waals surface area contributed by atoms with Crippen LogP contribution in [0.25, 0.3) is 10.9 Å². The van der Waals surface area contributed by atoms with Gasteiger partial charge < -0.3 is 15.3 Å². The number of carbonyl (C=O) groups is 1. The molecule has 1 unspecified atom stereocenters. The Morgan fingerprint density at radius 1 is 1.30 bits per heavy atom. The molecule has 2 fully saturated rings. The number of nitriles is 1. The van der Waals surface area contributed by atoms with Crippen molar-refractivity contribution < 1.29 is 9.90 Å². The van der Waals surface area contributed by atoms with Crippen LogP contribution < -0.4 is 5.32 Å². The number of para-hydroxylation sites is 1. The van der Waals surface area contributed by atoms with Crippen LogP contribution in [0.1, 0.15) is 62.5 Å². The summed E-state index contributed by atoms with van der Waals surface area (Å²) in [5, 5.41) is 28.1. The van der Waals surface area contributed by atoms with Crippen molar-refractivity contribution in [3.05, 3.63) is 30.0 Å². The SMILES string of the molecule is CC(C)n1nc(C(=O)NC2C[C@@H]3CC[C@@H](C2)N3CC(O)CN(C)CCC#N)c2ccccc21. The van der Waals surface area contributed by atoms with Crippen molar-refractivity contribution in [1.82, 2.24) is 24.9 Å². The van der Waals surface area contributed by atoms with E-state index in [4.69, 9.17) is 5.26 Å². The largest absolute Gasteiger partial charge is 0.390 e. The Morgan fingerprint density at radius 2 is 2.00 bits per heavy atom. The number of aliphatic hydroxyl groups excluding tert-OH is 1. The lowest BCUT2D eigenvalue weighted by Gasteiger charge is -2.40. The number of benzene rings is 1. The Bertz CT molecular complexity index is 998. The van der Waals surface area contributed by atoms with Crippen molar-refractivity contribution in [3.63, 3.8) is 0 Å². The number of likely N-dealkylation sites (N-methyl/N-ethyl adjacent to an activating group) is 1. The summed E-state index contributed by atoms with van der Waals surface area (Å²) in [6, 6.07) is 11.2. The zero-order chi connectivity index (χ0) is 23.5. The standard InChI is InChI=1S/C25H36N6O2/c1-17(2)31-23-8-5-4-7-22(23)24(28-31)25(33)27-18-13-19-9-10-20(14-18)30(19)16-21(32)15-29(3)12-6-11-26/h4-5,7-8,17-21,32H,6,9-10,12-16H2,1-3H3,(H,27,33)/t19-,20-,21?/m0/s1. The van der Waals surface area contributed by atoms with Gasteiger partial charge in [0.1, 0.15) is 0 Å². The van der Waals surface area contributed by atoms with E-state index >= 15 is 0 Å². The second-order valence-electron chi connectivity index (χ2n) is 9.95. The topological polar surface area (TPSA) is 97.4 Å². The van der Waals surface area contributed by atoms with Gasteiger partial charge in [0.25, 0.3) is 5.91 Å². The number of piperidine rings is 1. The molecule has 2 aliphatic rings. The molecule has 2 aliphatic heterocycles. The number of nitrogens with zero attached hydrogens (tertiary/aromatic N) is 5. The van der Waals surface area contributed by atoms with Crippen LogP contribution >= 0.6 is 0 Å². The monoisotopic (exact) mass is 452 g/mol. The van der Waals surface area contributed by atoms with E-state index in [-0.39, 0.29) is 18.0 Å². The molecular formula is C25H36N6O2. The normalized spacial score (nSPS) is 23.8. The molecule has 1 amide bonds. The molecule has 0 aliphatic carbocycles. The molecule has 2 N–H and O–H groups in total. The van der Waals surface area contributed by atoms with Gasteiger partial charge >= 0.3 is 0 Å². The third-order valence-corrected chi connectivity index (χ3v) is 7.09. The lowest BCUT2D eigenvalue weighted by atomic mass is 9.96. The van der Waals surface area contributed by atoms with Gasteiger partial charge in [-0.05, 0) is 52.6 Å². The highest BCUT2D eigenvalue weighted by atomic mass is 16.3. The van der Waals surface area contributed by atoms with Gasteiger partial charge in [-0.1, -0.05) is 18.2 Å². The summed E-state index contributed by atoms with van der Waals surface area (Å²) in [4.78, 5) is 17.7. The summed E-state index contributed by atoms with van der Waals surface area (Å²) in [6.45, 7) is 6.05. The van der Waals surface area contributed by atoms with Gasteiger partial charge in [0.2, 0.25) is 0 Å². The van der Waals surface area contributed by atoms with E-state index in [1.807, 2.05) is 40.9 Å². The summed E-state index contributed by atoms with van der Waals surface area (Å²) in [6.07, 6.45) is 4.07. The minimum Gasteiger partial charge on any atom is -0.390 e. The number of aliphatic hydroxyl groups is 1. The van der Waals surface area contributed by atoms with Gasteiger partial charge in [-0.25, -0.2) is 0 Å². The Hall–Kier alpha value is -2.47. The number of rotatable bonds is 9. The number of aromatic nitrogens is 2. The molecular weight excluding hydrogens is 416 g/mol. The van der Waals surface area contributed by atoms with Crippen LogP contribution in [0.15, 0.2) is 24.3 Å². The number of carbonyl (C=O) groups excluding carboxylic acids is 1. The molecule has 3 heterocycles. The fourth-order valence-electron chi connectivity index (χ4n) is 5.59. The molecule has 2 aromatic rings. The van der Waals surface area contributed by atoms with Gasteiger partial charge in [-0.15, -0.1) is 0 Å². The first-order valence-electron chi connectivity index (χ1n) is 12.1. The predicted octanol–water partition coefficient (Wildman–Crippen LogP) is 2.55. The first-order valence-corrected chi connectivity index (χ1v) is 12.1. The van der Waals surface area contributed by atoms with Crippen molar-refractivity contribution in [1.29, 1.82) is 5.26 Å². The lowest BCUT2D eigenvalue weighted by Crippen LogP contribution is -2.53. The summed E-state index contributed by atoms with van der Waals surface area (Å²) >= 11 is 0. The fraction of sp³-hybridized carbons (Fsp3) is 0.640. The highest BCUT2D eigenvalue weighted by Gasteiger charge is 2.42. The van der Waals surface area contributed by atoms with Crippen LogP contribution in [-0.2, 0) is 0 Å².